The molecule has 1 unspecified atom stereocenters. The Morgan fingerprint density at radius 1 is 1.29 bits per heavy atom. The van der Waals surface area contributed by atoms with E-state index in [2.05, 4.69) is 21.2 Å². The molecule has 6 heteroatoms. The number of benzene rings is 2. The van der Waals surface area contributed by atoms with Crippen molar-refractivity contribution in [1.29, 1.82) is 0 Å². The predicted octanol–water partition coefficient (Wildman–Crippen LogP) is 4.00. The largest absolute Gasteiger partial charge is 0.313 e. The van der Waals surface area contributed by atoms with Crippen LogP contribution in [0.25, 0.3) is 0 Å². The van der Waals surface area contributed by atoms with Gasteiger partial charge in [-0.2, -0.15) is 0 Å². The summed E-state index contributed by atoms with van der Waals surface area (Å²) in [6.45, 7) is 0. The Morgan fingerprint density at radius 3 is 2.67 bits per heavy atom. The van der Waals surface area contributed by atoms with Crippen LogP contribution in [-0.2, 0) is 6.42 Å². The van der Waals surface area contributed by atoms with Crippen molar-refractivity contribution in [3.05, 3.63) is 74.0 Å². The molecule has 4 nitrogen and oxygen atoms in total. The Kier molecular flexibility index (Phi) is 5.03. The van der Waals surface area contributed by atoms with Gasteiger partial charge < -0.3 is 5.32 Å². The van der Waals surface area contributed by atoms with E-state index >= 15 is 0 Å². The number of hydrogen-bond donors (Lipinski definition) is 1. The fraction of sp³-hybridized carbons (Fsp3) is 0.200. The molecule has 0 amide bonds. The molecule has 0 aromatic heterocycles. The van der Waals surface area contributed by atoms with Crippen molar-refractivity contribution in [2.45, 2.75) is 12.5 Å². The Hall–Kier alpha value is -1.79. The smallest absolute Gasteiger partial charge is 0.272 e. The second-order valence-electron chi connectivity index (χ2n) is 4.57. The van der Waals surface area contributed by atoms with Crippen LogP contribution in [0.3, 0.4) is 0 Å². The van der Waals surface area contributed by atoms with Gasteiger partial charge in [0.05, 0.1) is 9.40 Å². The van der Waals surface area contributed by atoms with E-state index in [4.69, 9.17) is 0 Å². The van der Waals surface area contributed by atoms with Gasteiger partial charge >= 0.3 is 0 Å². The van der Waals surface area contributed by atoms with Crippen LogP contribution >= 0.6 is 15.9 Å². The molecule has 0 aliphatic rings. The summed E-state index contributed by atoms with van der Waals surface area (Å²) in [4.78, 5) is 10.6. The number of nitrogens with one attached hydrogen (secondary N) is 1. The maximum absolute atomic E-state index is 14.2. The third-order valence-corrected chi connectivity index (χ3v) is 3.93. The van der Waals surface area contributed by atoms with Crippen LogP contribution in [0.5, 0.6) is 0 Å². The number of likely N-dealkylation sites (N-methyl/N-ethyl adjacent to an activating group) is 1. The number of para-hydroxylation sites is 1. The quantitative estimate of drug-likeness (QED) is 0.653. The molecule has 2 aromatic rings. The van der Waals surface area contributed by atoms with Crippen LogP contribution in [0.15, 0.2) is 46.9 Å². The molecule has 0 aliphatic heterocycles. The third-order valence-electron chi connectivity index (χ3n) is 3.32. The average Bonchev–Trinajstić information content (AvgIpc) is 2.48. The molecule has 1 N–H and O–H groups in total. The summed E-state index contributed by atoms with van der Waals surface area (Å²) >= 11 is 3.16. The molecule has 0 bridgehead atoms. The number of nitrogens with zero attached hydrogens (tertiary/aromatic N) is 1. The molecule has 0 radical (unpaired) electrons. The van der Waals surface area contributed by atoms with E-state index in [1.54, 1.807) is 43.4 Å². The van der Waals surface area contributed by atoms with E-state index in [-0.39, 0.29) is 17.5 Å². The normalized spacial score (nSPS) is 12.1. The van der Waals surface area contributed by atoms with Crippen LogP contribution in [-0.4, -0.2) is 12.0 Å². The minimum Gasteiger partial charge on any atom is -0.313 e. The molecular formula is C15H14BrFN2O2. The fourth-order valence-corrected chi connectivity index (χ4v) is 2.62. The molecule has 0 aliphatic carbocycles. The summed E-state index contributed by atoms with van der Waals surface area (Å²) in [5.74, 6) is -0.351. The maximum Gasteiger partial charge on any atom is 0.272 e. The molecule has 0 saturated carbocycles. The van der Waals surface area contributed by atoms with Crippen molar-refractivity contribution in [3.8, 4) is 0 Å². The van der Waals surface area contributed by atoms with Gasteiger partial charge in [0, 0.05) is 23.2 Å². The summed E-state index contributed by atoms with van der Waals surface area (Å²) in [5, 5.41) is 14.1. The Morgan fingerprint density at radius 2 is 2.00 bits per heavy atom. The highest BCUT2D eigenvalue weighted by Gasteiger charge is 2.20. The summed E-state index contributed by atoms with van der Waals surface area (Å²) < 4.78 is 14.6. The fourth-order valence-electron chi connectivity index (χ4n) is 2.24. The highest BCUT2D eigenvalue weighted by atomic mass is 79.9. The predicted molar refractivity (Wildman–Crippen MR) is 82.7 cm³/mol. The van der Waals surface area contributed by atoms with Crippen molar-refractivity contribution in [2.75, 3.05) is 7.05 Å². The first-order valence-electron chi connectivity index (χ1n) is 6.38. The van der Waals surface area contributed by atoms with Gasteiger partial charge in [-0.25, -0.2) is 4.39 Å². The Bertz CT molecular complexity index is 664. The van der Waals surface area contributed by atoms with Crippen molar-refractivity contribution < 1.29 is 9.31 Å². The first kappa shape index (κ1) is 15.6. The van der Waals surface area contributed by atoms with Gasteiger partial charge in [-0.3, -0.25) is 10.1 Å². The molecule has 0 heterocycles. The van der Waals surface area contributed by atoms with E-state index < -0.39 is 4.92 Å². The molecule has 0 saturated heterocycles. The molecular weight excluding hydrogens is 339 g/mol. The molecule has 110 valence electrons. The lowest BCUT2D eigenvalue weighted by Crippen LogP contribution is -2.20. The SMILES string of the molecule is CNC(Cc1ccccc1[N+](=O)[O-])c1cccc(Br)c1F. The number of rotatable bonds is 5. The van der Waals surface area contributed by atoms with Crippen molar-refractivity contribution >= 4 is 21.6 Å². The minimum atomic E-state index is -0.417. The topological polar surface area (TPSA) is 55.2 Å². The van der Waals surface area contributed by atoms with E-state index in [1.165, 1.54) is 6.07 Å². The third kappa shape index (κ3) is 3.46. The highest BCUT2D eigenvalue weighted by Crippen LogP contribution is 2.28. The van der Waals surface area contributed by atoms with Crippen molar-refractivity contribution in [1.82, 2.24) is 5.32 Å². The lowest BCUT2D eigenvalue weighted by atomic mass is 9.97. The molecule has 1 atom stereocenters. The summed E-state index contributed by atoms with van der Waals surface area (Å²) in [7, 11) is 1.71. The summed E-state index contributed by atoms with van der Waals surface area (Å²) in [6, 6.07) is 11.2. The lowest BCUT2D eigenvalue weighted by molar-refractivity contribution is -0.385. The van der Waals surface area contributed by atoms with Gasteiger partial charge in [-0.1, -0.05) is 30.3 Å². The van der Waals surface area contributed by atoms with E-state index in [0.717, 1.165) is 0 Å². The first-order valence-corrected chi connectivity index (χ1v) is 7.17. The van der Waals surface area contributed by atoms with Crippen LogP contribution in [0.4, 0.5) is 10.1 Å². The molecule has 0 spiro atoms. The summed E-state index contributed by atoms with van der Waals surface area (Å²) in [5.41, 5.74) is 1.10. The zero-order chi connectivity index (χ0) is 15.4. The second kappa shape index (κ2) is 6.78. The number of halogens is 2. The van der Waals surface area contributed by atoms with Gasteiger partial charge in [-0.15, -0.1) is 0 Å². The van der Waals surface area contributed by atoms with Crippen LogP contribution in [0.2, 0.25) is 0 Å². The van der Waals surface area contributed by atoms with Crippen molar-refractivity contribution in [3.63, 3.8) is 0 Å². The molecule has 21 heavy (non-hydrogen) atoms. The lowest BCUT2D eigenvalue weighted by Gasteiger charge is -2.18. The average molecular weight is 353 g/mol. The van der Waals surface area contributed by atoms with Gasteiger partial charge in [0.1, 0.15) is 5.82 Å². The number of nitro groups is 1. The van der Waals surface area contributed by atoms with E-state index in [9.17, 15) is 14.5 Å². The monoisotopic (exact) mass is 352 g/mol. The number of nitro benzene ring substituents is 1. The van der Waals surface area contributed by atoms with Crippen LogP contribution in [0.1, 0.15) is 17.2 Å². The van der Waals surface area contributed by atoms with Crippen molar-refractivity contribution in [2.24, 2.45) is 0 Å². The number of hydrogen-bond acceptors (Lipinski definition) is 3. The minimum absolute atomic E-state index is 0.0492. The first-order chi connectivity index (χ1) is 10.0. The maximum atomic E-state index is 14.2. The zero-order valence-electron chi connectivity index (χ0n) is 11.3. The van der Waals surface area contributed by atoms with E-state index in [0.29, 0.717) is 22.0 Å². The van der Waals surface area contributed by atoms with E-state index in [1.807, 2.05) is 0 Å². The van der Waals surface area contributed by atoms with Crippen LogP contribution < -0.4 is 5.32 Å². The Balaban J connectivity index is 2.36. The van der Waals surface area contributed by atoms with Crippen LogP contribution in [0, 0.1) is 15.9 Å². The second-order valence-corrected chi connectivity index (χ2v) is 5.43. The standard InChI is InChI=1S/C15H14BrFN2O2/c1-18-13(11-6-4-7-12(16)15(11)17)9-10-5-2-3-8-14(10)19(20)21/h2-8,13,18H,9H2,1H3. The molecule has 2 rings (SSSR count). The van der Waals surface area contributed by atoms with Gasteiger partial charge in [0.15, 0.2) is 0 Å². The molecule has 2 aromatic carbocycles. The molecule has 0 fully saturated rings. The zero-order valence-corrected chi connectivity index (χ0v) is 12.9. The van der Waals surface area contributed by atoms with Gasteiger partial charge in [-0.05, 0) is 35.5 Å². The highest BCUT2D eigenvalue weighted by molar-refractivity contribution is 9.10. The van der Waals surface area contributed by atoms with Gasteiger partial charge in [0.2, 0.25) is 0 Å². The Labute approximate surface area is 130 Å². The summed E-state index contributed by atoms with van der Waals surface area (Å²) in [6.07, 6.45) is 0.334. The van der Waals surface area contributed by atoms with Gasteiger partial charge in [0.25, 0.3) is 5.69 Å².